The van der Waals surface area contributed by atoms with Crippen LogP contribution in [0.2, 0.25) is 6.04 Å². The number of aliphatic imine (C=N–C) groups is 1. The van der Waals surface area contributed by atoms with E-state index in [-0.39, 0.29) is 5.75 Å². The first-order valence-corrected chi connectivity index (χ1v) is 10.7. The average Bonchev–Trinajstić information content (AvgIpc) is 2.51. The Balaban J connectivity index is 2.55. The van der Waals surface area contributed by atoms with E-state index >= 15 is 0 Å². The molecule has 0 radical (unpaired) electrons. The van der Waals surface area contributed by atoms with Gasteiger partial charge in [0.05, 0.1) is 0 Å². The Labute approximate surface area is 148 Å². The number of hydrogen-bond acceptors (Lipinski definition) is 5. The molecule has 130 valence electrons. The van der Waals surface area contributed by atoms with Crippen molar-refractivity contribution in [2.45, 2.75) is 33.2 Å². The lowest BCUT2D eigenvalue weighted by atomic mass is 10.2. The van der Waals surface area contributed by atoms with Crippen molar-refractivity contribution in [3.8, 4) is 5.75 Å². The van der Waals surface area contributed by atoms with Crippen molar-refractivity contribution >= 4 is 30.9 Å². The number of phenols is 1. The zero-order chi connectivity index (χ0) is 17.1. The molecular formula is C16H26BrNO4Si. The smallest absolute Gasteiger partial charge is 0.500 e. The third-order valence-electron chi connectivity index (χ3n) is 3.08. The molecule has 0 heterocycles. The van der Waals surface area contributed by atoms with Crippen LogP contribution in [-0.4, -0.2) is 46.5 Å². The molecule has 0 aliphatic rings. The van der Waals surface area contributed by atoms with Crippen LogP contribution in [0.1, 0.15) is 32.8 Å². The molecule has 0 aliphatic heterocycles. The summed E-state index contributed by atoms with van der Waals surface area (Å²) < 4.78 is 18.3. The van der Waals surface area contributed by atoms with Crippen LogP contribution in [0.4, 0.5) is 0 Å². The summed E-state index contributed by atoms with van der Waals surface area (Å²) >= 11 is 3.38. The highest BCUT2D eigenvalue weighted by Gasteiger charge is 2.39. The molecule has 0 saturated heterocycles. The fourth-order valence-corrected chi connectivity index (χ4v) is 5.15. The Morgan fingerprint density at radius 2 is 1.74 bits per heavy atom. The van der Waals surface area contributed by atoms with Crippen molar-refractivity contribution in [1.29, 1.82) is 0 Å². The number of aromatic hydroxyl groups is 1. The van der Waals surface area contributed by atoms with Gasteiger partial charge in [-0.25, -0.2) is 0 Å². The highest BCUT2D eigenvalue weighted by Crippen LogP contribution is 2.21. The van der Waals surface area contributed by atoms with Crippen LogP contribution < -0.4 is 0 Å². The van der Waals surface area contributed by atoms with Gasteiger partial charge in [-0.15, -0.1) is 0 Å². The second kappa shape index (κ2) is 10.9. The minimum absolute atomic E-state index is 0.221. The largest absolute Gasteiger partial charge is 0.507 e. The Hall–Kier alpha value is -0.733. The first-order valence-electron chi connectivity index (χ1n) is 7.97. The van der Waals surface area contributed by atoms with Crippen molar-refractivity contribution in [2.75, 3.05) is 26.4 Å². The van der Waals surface area contributed by atoms with Gasteiger partial charge in [-0.2, -0.15) is 0 Å². The van der Waals surface area contributed by atoms with Crippen molar-refractivity contribution in [3.05, 3.63) is 28.2 Å². The summed E-state index contributed by atoms with van der Waals surface area (Å²) in [4.78, 5) is 4.38. The third-order valence-corrected chi connectivity index (χ3v) is 6.73. The Morgan fingerprint density at radius 3 is 2.30 bits per heavy atom. The second-order valence-electron chi connectivity index (χ2n) is 4.82. The zero-order valence-corrected chi connectivity index (χ0v) is 16.6. The van der Waals surface area contributed by atoms with Crippen LogP contribution in [0.3, 0.4) is 0 Å². The highest BCUT2D eigenvalue weighted by molar-refractivity contribution is 9.10. The molecule has 0 amide bonds. The molecule has 1 aromatic carbocycles. The van der Waals surface area contributed by atoms with E-state index in [4.69, 9.17) is 13.3 Å². The van der Waals surface area contributed by atoms with Crippen LogP contribution in [0.5, 0.6) is 5.75 Å². The number of hydrogen-bond donors (Lipinski definition) is 1. The van der Waals surface area contributed by atoms with E-state index in [0.29, 0.717) is 31.9 Å². The van der Waals surface area contributed by atoms with Gasteiger partial charge in [-0.1, -0.05) is 15.9 Å². The quantitative estimate of drug-likeness (QED) is 0.344. The molecule has 0 aliphatic carbocycles. The molecule has 1 N–H and O–H groups in total. The van der Waals surface area contributed by atoms with Crippen molar-refractivity contribution < 1.29 is 18.4 Å². The van der Waals surface area contributed by atoms with E-state index in [1.165, 1.54) is 0 Å². The van der Waals surface area contributed by atoms with Gasteiger partial charge in [0, 0.05) is 48.7 Å². The topological polar surface area (TPSA) is 60.3 Å². The number of phenolic OH excluding ortho intramolecular Hbond substituents is 1. The van der Waals surface area contributed by atoms with E-state index in [1.807, 2.05) is 26.8 Å². The molecule has 0 fully saturated rings. The molecule has 23 heavy (non-hydrogen) atoms. The summed E-state index contributed by atoms with van der Waals surface area (Å²) in [6.45, 7) is 8.24. The molecule has 0 bridgehead atoms. The molecule has 0 atom stereocenters. The van der Waals surface area contributed by atoms with Gasteiger partial charge in [0.1, 0.15) is 5.75 Å². The fraction of sp³-hybridized carbons (Fsp3) is 0.562. The lowest BCUT2D eigenvalue weighted by Gasteiger charge is -2.28. The maximum absolute atomic E-state index is 9.77. The Kier molecular flexibility index (Phi) is 9.65. The summed E-state index contributed by atoms with van der Waals surface area (Å²) in [6, 6.07) is 6.00. The SMILES string of the molecule is CCO[Si](CCCN=Cc1cc(Br)ccc1O)(OCC)OCC. The average molecular weight is 404 g/mol. The van der Waals surface area contributed by atoms with E-state index < -0.39 is 8.80 Å². The second-order valence-corrected chi connectivity index (χ2v) is 8.47. The first kappa shape index (κ1) is 20.3. The molecule has 5 nitrogen and oxygen atoms in total. The number of halogens is 1. The third kappa shape index (κ3) is 7.13. The fourth-order valence-electron chi connectivity index (χ4n) is 2.18. The van der Waals surface area contributed by atoms with E-state index in [1.54, 1.807) is 18.3 Å². The van der Waals surface area contributed by atoms with Gasteiger partial charge >= 0.3 is 8.80 Å². The maximum Gasteiger partial charge on any atom is 0.500 e. The van der Waals surface area contributed by atoms with Gasteiger partial charge in [-0.3, -0.25) is 4.99 Å². The van der Waals surface area contributed by atoms with E-state index in [9.17, 15) is 5.11 Å². The van der Waals surface area contributed by atoms with Crippen molar-refractivity contribution in [3.63, 3.8) is 0 Å². The van der Waals surface area contributed by atoms with Crippen molar-refractivity contribution in [1.82, 2.24) is 0 Å². The summed E-state index contributed by atoms with van der Waals surface area (Å²) in [7, 11) is -2.58. The summed E-state index contributed by atoms with van der Waals surface area (Å²) in [5.41, 5.74) is 0.697. The van der Waals surface area contributed by atoms with E-state index in [0.717, 1.165) is 16.9 Å². The molecule has 1 rings (SSSR count). The normalized spacial score (nSPS) is 12.2. The van der Waals surface area contributed by atoms with Gasteiger partial charge < -0.3 is 18.4 Å². The first-order chi connectivity index (χ1) is 11.1. The van der Waals surface area contributed by atoms with Crippen LogP contribution in [0.25, 0.3) is 0 Å². The van der Waals surface area contributed by atoms with Crippen LogP contribution in [0.15, 0.2) is 27.7 Å². The molecular weight excluding hydrogens is 378 g/mol. The molecule has 0 spiro atoms. The van der Waals surface area contributed by atoms with Gasteiger partial charge in [0.2, 0.25) is 0 Å². The molecule has 0 unspecified atom stereocenters. The number of benzene rings is 1. The summed E-state index contributed by atoms with van der Waals surface area (Å²) in [6.07, 6.45) is 2.50. The monoisotopic (exact) mass is 403 g/mol. The van der Waals surface area contributed by atoms with Crippen LogP contribution in [-0.2, 0) is 13.3 Å². The minimum atomic E-state index is -2.58. The lowest BCUT2D eigenvalue weighted by molar-refractivity contribution is 0.0710. The molecule has 0 aromatic heterocycles. The van der Waals surface area contributed by atoms with Gasteiger partial charge in [0.25, 0.3) is 0 Å². The molecule has 7 heteroatoms. The summed E-state index contributed by atoms with van der Waals surface area (Å²) in [5.74, 6) is 0.221. The van der Waals surface area contributed by atoms with Crippen LogP contribution in [0, 0.1) is 0 Å². The standard InChI is InChI=1S/C16H26BrNO4Si/c1-4-20-23(21-5-2,22-6-3)11-7-10-18-13-14-12-15(17)8-9-16(14)19/h8-9,12-13,19H,4-7,10-11H2,1-3H3. The van der Waals surface area contributed by atoms with Gasteiger partial charge in [-0.05, 0) is 45.4 Å². The zero-order valence-electron chi connectivity index (χ0n) is 14.0. The Morgan fingerprint density at radius 1 is 1.13 bits per heavy atom. The number of nitrogens with zero attached hydrogens (tertiary/aromatic N) is 1. The van der Waals surface area contributed by atoms with Crippen LogP contribution >= 0.6 is 15.9 Å². The minimum Gasteiger partial charge on any atom is -0.507 e. The molecule has 1 aromatic rings. The van der Waals surface area contributed by atoms with Crippen molar-refractivity contribution in [2.24, 2.45) is 4.99 Å². The Bertz CT molecular complexity index is 482. The predicted octanol–water partition coefficient (Wildman–Crippen LogP) is 4.01. The maximum atomic E-state index is 9.77. The van der Waals surface area contributed by atoms with E-state index in [2.05, 4.69) is 20.9 Å². The van der Waals surface area contributed by atoms with Gasteiger partial charge in [0.15, 0.2) is 0 Å². The molecule has 0 saturated carbocycles. The summed E-state index contributed by atoms with van der Waals surface area (Å²) in [5, 5.41) is 9.77. The number of rotatable bonds is 11. The highest BCUT2D eigenvalue weighted by atomic mass is 79.9. The lowest BCUT2D eigenvalue weighted by Crippen LogP contribution is -2.46. The predicted molar refractivity (Wildman–Crippen MR) is 98.3 cm³/mol.